The number of ether oxygens (including phenoxy) is 1. The van der Waals surface area contributed by atoms with Crippen LogP contribution in [-0.4, -0.2) is 11.1 Å². The van der Waals surface area contributed by atoms with Crippen LogP contribution in [0.4, 0.5) is 13.2 Å². The zero-order valence-electron chi connectivity index (χ0n) is 9.98. The van der Waals surface area contributed by atoms with Crippen LogP contribution in [0, 0.1) is 0 Å². The standard InChI is InChI=1S/C13H9F3O4/c14-13(15,16)9-3-1-2-4-10(9)20-7-11-8(12(17)18)5-6-19-11/h1-6H,7H2,(H,17,18). The van der Waals surface area contributed by atoms with Crippen molar-refractivity contribution in [3.8, 4) is 5.75 Å². The van der Waals surface area contributed by atoms with Crippen molar-refractivity contribution in [2.45, 2.75) is 12.8 Å². The van der Waals surface area contributed by atoms with Gasteiger partial charge in [-0.15, -0.1) is 0 Å². The van der Waals surface area contributed by atoms with Gasteiger partial charge in [0.2, 0.25) is 0 Å². The molecule has 0 radical (unpaired) electrons. The number of alkyl halides is 3. The summed E-state index contributed by atoms with van der Waals surface area (Å²) >= 11 is 0. The van der Waals surface area contributed by atoms with Crippen LogP contribution >= 0.6 is 0 Å². The summed E-state index contributed by atoms with van der Waals surface area (Å²) in [6, 6.07) is 5.88. The zero-order chi connectivity index (χ0) is 14.8. The molecule has 7 heteroatoms. The fraction of sp³-hybridized carbons (Fsp3) is 0.154. The SMILES string of the molecule is O=C(O)c1ccoc1COc1ccccc1C(F)(F)F. The Kier molecular flexibility index (Phi) is 3.69. The van der Waals surface area contributed by atoms with E-state index in [4.69, 9.17) is 14.3 Å². The zero-order valence-corrected chi connectivity index (χ0v) is 9.98. The van der Waals surface area contributed by atoms with Gasteiger partial charge in [-0.05, 0) is 18.2 Å². The Balaban J connectivity index is 2.20. The van der Waals surface area contributed by atoms with E-state index in [1.807, 2.05) is 0 Å². The van der Waals surface area contributed by atoms with Crippen LogP contribution in [0.3, 0.4) is 0 Å². The van der Waals surface area contributed by atoms with E-state index in [0.29, 0.717) is 0 Å². The van der Waals surface area contributed by atoms with Crippen LogP contribution in [0.2, 0.25) is 0 Å². The van der Waals surface area contributed by atoms with E-state index in [1.54, 1.807) is 0 Å². The highest BCUT2D eigenvalue weighted by atomic mass is 19.4. The minimum Gasteiger partial charge on any atom is -0.485 e. The number of benzene rings is 1. The van der Waals surface area contributed by atoms with E-state index in [0.717, 1.165) is 18.4 Å². The van der Waals surface area contributed by atoms with Gasteiger partial charge in [-0.2, -0.15) is 13.2 Å². The first-order valence-electron chi connectivity index (χ1n) is 5.48. The lowest BCUT2D eigenvalue weighted by Gasteiger charge is -2.13. The number of rotatable bonds is 4. The number of carboxylic acids is 1. The second-order valence-corrected chi connectivity index (χ2v) is 3.85. The molecule has 2 aromatic rings. The number of carboxylic acid groups (broad SMARTS) is 1. The number of para-hydroxylation sites is 1. The van der Waals surface area contributed by atoms with E-state index >= 15 is 0 Å². The molecule has 20 heavy (non-hydrogen) atoms. The Labute approximate surface area is 111 Å². The summed E-state index contributed by atoms with van der Waals surface area (Å²) in [6.45, 7) is -0.401. The summed E-state index contributed by atoms with van der Waals surface area (Å²) in [6.07, 6.45) is -3.41. The highest BCUT2D eigenvalue weighted by Crippen LogP contribution is 2.36. The predicted octanol–water partition coefficient (Wildman–Crippen LogP) is 3.58. The van der Waals surface area contributed by atoms with Gasteiger partial charge in [0.25, 0.3) is 0 Å². The van der Waals surface area contributed by atoms with E-state index in [1.165, 1.54) is 18.2 Å². The fourth-order valence-corrected chi connectivity index (χ4v) is 1.61. The predicted molar refractivity (Wildman–Crippen MR) is 61.4 cm³/mol. The van der Waals surface area contributed by atoms with Crippen molar-refractivity contribution >= 4 is 5.97 Å². The van der Waals surface area contributed by atoms with Gasteiger partial charge in [-0.25, -0.2) is 4.79 Å². The lowest BCUT2D eigenvalue weighted by molar-refractivity contribution is -0.139. The number of carbonyl (C=O) groups is 1. The first kappa shape index (κ1) is 14.0. The summed E-state index contributed by atoms with van der Waals surface area (Å²) < 4.78 is 48.1. The van der Waals surface area contributed by atoms with Crippen molar-refractivity contribution in [1.82, 2.24) is 0 Å². The second-order valence-electron chi connectivity index (χ2n) is 3.85. The van der Waals surface area contributed by atoms with Gasteiger partial charge < -0.3 is 14.3 Å². The van der Waals surface area contributed by atoms with E-state index in [9.17, 15) is 18.0 Å². The molecule has 1 aromatic carbocycles. The number of aromatic carboxylic acids is 1. The summed E-state index contributed by atoms with van der Waals surface area (Å²) in [7, 11) is 0. The van der Waals surface area contributed by atoms with Gasteiger partial charge in [0.05, 0.1) is 11.8 Å². The van der Waals surface area contributed by atoms with Crippen LogP contribution in [0.1, 0.15) is 21.7 Å². The Morgan fingerprint density at radius 3 is 2.60 bits per heavy atom. The first-order chi connectivity index (χ1) is 9.39. The normalized spacial score (nSPS) is 11.3. The third-order valence-electron chi connectivity index (χ3n) is 2.53. The number of hydrogen-bond acceptors (Lipinski definition) is 3. The van der Waals surface area contributed by atoms with Gasteiger partial charge in [0.1, 0.15) is 17.9 Å². The molecule has 0 saturated heterocycles. The molecule has 1 aromatic heterocycles. The van der Waals surface area contributed by atoms with Gasteiger partial charge >= 0.3 is 12.1 Å². The molecule has 0 fully saturated rings. The molecular weight excluding hydrogens is 277 g/mol. The molecule has 0 amide bonds. The molecule has 0 bridgehead atoms. The van der Waals surface area contributed by atoms with E-state index in [2.05, 4.69) is 0 Å². The lowest BCUT2D eigenvalue weighted by Crippen LogP contribution is -2.09. The van der Waals surface area contributed by atoms with Crippen molar-refractivity contribution < 1.29 is 32.2 Å². The summed E-state index contributed by atoms with van der Waals surface area (Å²) in [4.78, 5) is 10.8. The molecule has 1 heterocycles. The molecule has 0 aliphatic carbocycles. The summed E-state index contributed by atoms with van der Waals surface area (Å²) in [5.41, 5.74) is -1.07. The molecule has 0 atom stereocenters. The van der Waals surface area contributed by atoms with Crippen molar-refractivity contribution in [1.29, 1.82) is 0 Å². The van der Waals surface area contributed by atoms with E-state index < -0.39 is 24.3 Å². The smallest absolute Gasteiger partial charge is 0.419 e. The molecular formula is C13H9F3O4. The van der Waals surface area contributed by atoms with E-state index in [-0.39, 0.29) is 17.1 Å². The molecule has 0 spiro atoms. The molecule has 0 aliphatic heterocycles. The van der Waals surface area contributed by atoms with Crippen LogP contribution in [-0.2, 0) is 12.8 Å². The molecule has 4 nitrogen and oxygen atoms in total. The summed E-state index contributed by atoms with van der Waals surface area (Å²) in [5, 5.41) is 8.84. The van der Waals surface area contributed by atoms with Gasteiger partial charge in [0, 0.05) is 0 Å². The Morgan fingerprint density at radius 2 is 1.95 bits per heavy atom. The largest absolute Gasteiger partial charge is 0.485 e. The van der Waals surface area contributed by atoms with Crippen molar-refractivity contribution in [3.05, 3.63) is 53.5 Å². The third-order valence-corrected chi connectivity index (χ3v) is 2.53. The molecule has 0 unspecified atom stereocenters. The van der Waals surface area contributed by atoms with Crippen molar-refractivity contribution in [2.24, 2.45) is 0 Å². The molecule has 2 rings (SSSR count). The van der Waals surface area contributed by atoms with Gasteiger partial charge in [0.15, 0.2) is 5.76 Å². The minimum absolute atomic E-state index is 0.0468. The minimum atomic E-state index is -4.55. The quantitative estimate of drug-likeness (QED) is 0.933. The molecule has 0 saturated carbocycles. The second kappa shape index (κ2) is 5.28. The molecule has 106 valence electrons. The highest BCUT2D eigenvalue weighted by molar-refractivity contribution is 5.88. The Morgan fingerprint density at radius 1 is 1.25 bits per heavy atom. The average molecular weight is 286 g/mol. The molecule has 0 aliphatic rings. The average Bonchev–Trinajstić information content (AvgIpc) is 2.84. The summed E-state index contributed by atoms with van der Waals surface area (Å²) in [5.74, 6) is -1.66. The maximum absolute atomic E-state index is 12.7. The number of furan rings is 1. The first-order valence-corrected chi connectivity index (χ1v) is 5.48. The number of halogens is 3. The van der Waals surface area contributed by atoms with Crippen LogP contribution in [0.15, 0.2) is 41.0 Å². The van der Waals surface area contributed by atoms with Crippen LogP contribution in [0.5, 0.6) is 5.75 Å². The Hall–Kier alpha value is -2.44. The van der Waals surface area contributed by atoms with Gasteiger partial charge in [-0.1, -0.05) is 12.1 Å². The maximum Gasteiger partial charge on any atom is 0.419 e. The van der Waals surface area contributed by atoms with Crippen molar-refractivity contribution in [3.63, 3.8) is 0 Å². The third kappa shape index (κ3) is 2.93. The molecule has 1 N–H and O–H groups in total. The lowest BCUT2D eigenvalue weighted by atomic mass is 10.2. The monoisotopic (exact) mass is 286 g/mol. The number of hydrogen-bond donors (Lipinski definition) is 1. The fourth-order valence-electron chi connectivity index (χ4n) is 1.61. The highest BCUT2D eigenvalue weighted by Gasteiger charge is 2.34. The van der Waals surface area contributed by atoms with Crippen molar-refractivity contribution in [2.75, 3.05) is 0 Å². The Bertz CT molecular complexity index is 616. The van der Waals surface area contributed by atoms with Crippen LogP contribution in [0.25, 0.3) is 0 Å². The van der Waals surface area contributed by atoms with Gasteiger partial charge in [-0.3, -0.25) is 0 Å². The van der Waals surface area contributed by atoms with Crippen LogP contribution < -0.4 is 4.74 Å². The topological polar surface area (TPSA) is 59.7 Å². The maximum atomic E-state index is 12.7.